The number of aromatic nitrogens is 2. The predicted octanol–water partition coefficient (Wildman–Crippen LogP) is 0.491. The summed E-state index contributed by atoms with van der Waals surface area (Å²) in [6, 6.07) is 0. The van der Waals surface area contributed by atoms with Gasteiger partial charge in [-0.3, -0.25) is 0 Å². The Bertz CT molecular complexity index is 382. The molecule has 2 rings (SSSR count). The van der Waals surface area contributed by atoms with Gasteiger partial charge in [-0.05, 0) is 19.3 Å². The van der Waals surface area contributed by atoms with E-state index in [1.165, 1.54) is 0 Å². The lowest BCUT2D eigenvalue weighted by Crippen LogP contribution is -2.46. The van der Waals surface area contributed by atoms with Crippen LogP contribution in [0, 0.1) is 0 Å². The Morgan fingerprint density at radius 2 is 2.24 bits per heavy atom. The van der Waals surface area contributed by atoms with Crippen LogP contribution in [-0.4, -0.2) is 40.9 Å². The molecule has 5 nitrogen and oxygen atoms in total. The number of nitrogens with one attached hydrogen (secondary N) is 1. The molecule has 1 aliphatic carbocycles. The summed E-state index contributed by atoms with van der Waals surface area (Å²) in [6.07, 6.45) is 4.88. The minimum atomic E-state index is -0.455. The first-order chi connectivity index (χ1) is 8.02. The highest BCUT2D eigenvalue weighted by Crippen LogP contribution is 2.30. The van der Waals surface area contributed by atoms with Gasteiger partial charge in [-0.15, -0.1) is 0 Å². The molecule has 17 heavy (non-hydrogen) atoms. The van der Waals surface area contributed by atoms with Crippen LogP contribution < -0.4 is 10.2 Å². The van der Waals surface area contributed by atoms with Gasteiger partial charge in [0.25, 0.3) is 0 Å². The average Bonchev–Trinajstić information content (AvgIpc) is 2.58. The van der Waals surface area contributed by atoms with E-state index >= 15 is 0 Å². The fourth-order valence-electron chi connectivity index (χ4n) is 2.20. The normalized spacial score (nSPS) is 17.9. The number of aliphatic hydroxyl groups is 1. The van der Waals surface area contributed by atoms with Gasteiger partial charge in [-0.2, -0.15) is 0 Å². The van der Waals surface area contributed by atoms with Crippen molar-refractivity contribution in [2.24, 2.45) is 7.05 Å². The molecule has 96 valence electrons. The standard InChI is InChI=1S/C12H22N4O/c1-15(2)11-14-8-10(16(11)3)7-13-9-12(17)5-4-6-12/h8,13,17H,4-7,9H2,1-3H3. The maximum atomic E-state index is 9.96. The van der Waals surface area contributed by atoms with Crippen molar-refractivity contribution in [3.05, 3.63) is 11.9 Å². The monoisotopic (exact) mass is 238 g/mol. The van der Waals surface area contributed by atoms with E-state index in [0.717, 1.165) is 37.4 Å². The summed E-state index contributed by atoms with van der Waals surface area (Å²) in [5.41, 5.74) is 0.680. The van der Waals surface area contributed by atoms with Gasteiger partial charge < -0.3 is 19.9 Å². The molecule has 1 saturated carbocycles. The SMILES string of the molecule is CN(C)c1ncc(CNCC2(O)CCC2)n1C. The quantitative estimate of drug-likeness (QED) is 0.784. The third-order valence-corrected chi connectivity index (χ3v) is 3.50. The Labute approximate surface area is 102 Å². The van der Waals surface area contributed by atoms with Crippen molar-refractivity contribution in [3.8, 4) is 0 Å². The lowest BCUT2D eigenvalue weighted by atomic mass is 9.80. The molecule has 0 spiro atoms. The minimum Gasteiger partial charge on any atom is -0.389 e. The smallest absolute Gasteiger partial charge is 0.204 e. The summed E-state index contributed by atoms with van der Waals surface area (Å²) in [5.74, 6) is 0.948. The molecule has 0 aromatic carbocycles. The highest BCUT2D eigenvalue weighted by atomic mass is 16.3. The summed E-state index contributed by atoms with van der Waals surface area (Å²) < 4.78 is 2.07. The van der Waals surface area contributed by atoms with Crippen LogP contribution in [0.2, 0.25) is 0 Å². The summed E-state index contributed by atoms with van der Waals surface area (Å²) in [5, 5.41) is 13.3. The summed E-state index contributed by atoms with van der Waals surface area (Å²) in [6.45, 7) is 1.43. The van der Waals surface area contributed by atoms with Gasteiger partial charge >= 0.3 is 0 Å². The summed E-state index contributed by atoms with van der Waals surface area (Å²) >= 11 is 0. The van der Waals surface area contributed by atoms with Crippen LogP contribution in [0.25, 0.3) is 0 Å². The molecule has 0 radical (unpaired) electrons. The van der Waals surface area contributed by atoms with Crippen molar-refractivity contribution >= 4 is 5.95 Å². The molecule has 0 unspecified atom stereocenters. The Balaban J connectivity index is 1.86. The minimum absolute atomic E-state index is 0.455. The molecule has 1 aromatic rings. The molecule has 2 N–H and O–H groups in total. The second kappa shape index (κ2) is 4.66. The first-order valence-electron chi connectivity index (χ1n) is 6.13. The van der Waals surface area contributed by atoms with E-state index in [0.29, 0.717) is 6.54 Å². The maximum Gasteiger partial charge on any atom is 0.204 e. The van der Waals surface area contributed by atoms with Crippen molar-refractivity contribution in [2.75, 3.05) is 25.5 Å². The van der Waals surface area contributed by atoms with Crippen molar-refractivity contribution in [2.45, 2.75) is 31.4 Å². The lowest BCUT2D eigenvalue weighted by Gasteiger charge is -2.36. The number of hydrogen-bond donors (Lipinski definition) is 2. The zero-order chi connectivity index (χ0) is 12.5. The number of nitrogens with zero attached hydrogens (tertiary/aromatic N) is 3. The summed E-state index contributed by atoms with van der Waals surface area (Å²) in [7, 11) is 5.98. The van der Waals surface area contributed by atoms with E-state index < -0.39 is 5.60 Å². The van der Waals surface area contributed by atoms with Gasteiger partial charge in [0.2, 0.25) is 5.95 Å². The molecule has 0 bridgehead atoms. The van der Waals surface area contributed by atoms with Crippen LogP contribution in [-0.2, 0) is 13.6 Å². The van der Waals surface area contributed by atoms with Crippen LogP contribution in [0.1, 0.15) is 25.0 Å². The van der Waals surface area contributed by atoms with E-state index in [-0.39, 0.29) is 0 Å². The van der Waals surface area contributed by atoms with Gasteiger partial charge in [0, 0.05) is 34.2 Å². The first kappa shape index (κ1) is 12.4. The molecule has 1 fully saturated rings. The molecular weight excluding hydrogens is 216 g/mol. The Morgan fingerprint density at radius 3 is 2.71 bits per heavy atom. The van der Waals surface area contributed by atoms with E-state index in [1.54, 1.807) is 0 Å². The fraction of sp³-hybridized carbons (Fsp3) is 0.750. The second-order valence-electron chi connectivity index (χ2n) is 5.18. The highest BCUT2D eigenvalue weighted by molar-refractivity contribution is 5.30. The molecule has 0 amide bonds. The van der Waals surface area contributed by atoms with E-state index in [9.17, 15) is 5.11 Å². The van der Waals surface area contributed by atoms with Crippen molar-refractivity contribution in [1.82, 2.24) is 14.9 Å². The second-order valence-corrected chi connectivity index (χ2v) is 5.18. The Hall–Kier alpha value is -1.07. The van der Waals surface area contributed by atoms with Crippen LogP contribution in [0.3, 0.4) is 0 Å². The fourth-order valence-corrected chi connectivity index (χ4v) is 2.20. The Kier molecular flexibility index (Phi) is 3.40. The predicted molar refractivity (Wildman–Crippen MR) is 68.0 cm³/mol. The number of rotatable bonds is 5. The number of hydrogen-bond acceptors (Lipinski definition) is 4. The molecule has 0 atom stereocenters. The molecule has 1 heterocycles. The van der Waals surface area contributed by atoms with Crippen LogP contribution in [0.4, 0.5) is 5.95 Å². The van der Waals surface area contributed by atoms with Gasteiger partial charge in [-0.25, -0.2) is 4.98 Å². The van der Waals surface area contributed by atoms with Gasteiger partial charge in [0.05, 0.1) is 17.5 Å². The third kappa shape index (κ3) is 2.61. The molecular formula is C12H22N4O. The van der Waals surface area contributed by atoms with Crippen molar-refractivity contribution < 1.29 is 5.11 Å². The number of imidazole rings is 1. The number of anilines is 1. The van der Waals surface area contributed by atoms with Crippen molar-refractivity contribution in [1.29, 1.82) is 0 Å². The molecule has 0 saturated heterocycles. The maximum absolute atomic E-state index is 9.96. The molecule has 5 heteroatoms. The van der Waals surface area contributed by atoms with Crippen LogP contribution >= 0.6 is 0 Å². The topological polar surface area (TPSA) is 53.3 Å². The average molecular weight is 238 g/mol. The van der Waals surface area contributed by atoms with Gasteiger partial charge in [-0.1, -0.05) is 0 Å². The highest BCUT2D eigenvalue weighted by Gasteiger charge is 2.33. The van der Waals surface area contributed by atoms with Gasteiger partial charge in [0.15, 0.2) is 0 Å². The van der Waals surface area contributed by atoms with Crippen LogP contribution in [0.5, 0.6) is 0 Å². The van der Waals surface area contributed by atoms with E-state index in [4.69, 9.17) is 0 Å². The van der Waals surface area contributed by atoms with Crippen molar-refractivity contribution in [3.63, 3.8) is 0 Å². The Morgan fingerprint density at radius 1 is 1.53 bits per heavy atom. The third-order valence-electron chi connectivity index (χ3n) is 3.50. The zero-order valence-electron chi connectivity index (χ0n) is 10.9. The van der Waals surface area contributed by atoms with Crippen LogP contribution in [0.15, 0.2) is 6.20 Å². The molecule has 1 aromatic heterocycles. The van der Waals surface area contributed by atoms with E-state index in [2.05, 4.69) is 14.9 Å². The lowest BCUT2D eigenvalue weighted by molar-refractivity contribution is -0.0315. The molecule has 0 aliphatic heterocycles. The van der Waals surface area contributed by atoms with E-state index in [1.807, 2.05) is 32.2 Å². The first-order valence-corrected chi connectivity index (χ1v) is 6.13. The summed E-state index contributed by atoms with van der Waals surface area (Å²) in [4.78, 5) is 6.34. The van der Waals surface area contributed by atoms with Gasteiger partial charge in [0.1, 0.15) is 0 Å². The zero-order valence-corrected chi connectivity index (χ0v) is 10.9. The molecule has 1 aliphatic rings. The largest absolute Gasteiger partial charge is 0.389 e.